The molecule has 3 nitrogen and oxygen atoms in total. The van der Waals surface area contributed by atoms with E-state index in [4.69, 9.17) is 44.3 Å². The molecular formula is C23H22Cl3NO2. The molecule has 0 saturated heterocycles. The number of methoxy groups -OCH3 is 1. The maximum Gasteiger partial charge on any atom is 0.163 e. The molecule has 152 valence electrons. The van der Waals surface area contributed by atoms with Crippen molar-refractivity contribution in [1.82, 2.24) is 0 Å². The molecule has 0 aliphatic heterocycles. The fourth-order valence-electron chi connectivity index (χ4n) is 2.82. The molecule has 0 aliphatic carbocycles. The van der Waals surface area contributed by atoms with Crippen LogP contribution < -0.4 is 14.8 Å². The normalized spacial score (nSPS) is 10.7. The predicted molar refractivity (Wildman–Crippen MR) is 122 cm³/mol. The van der Waals surface area contributed by atoms with E-state index >= 15 is 0 Å². The lowest BCUT2D eigenvalue weighted by atomic mass is 10.1. The van der Waals surface area contributed by atoms with Crippen molar-refractivity contribution in [2.24, 2.45) is 0 Å². The second-order valence-electron chi connectivity index (χ2n) is 6.78. The van der Waals surface area contributed by atoms with Gasteiger partial charge in [0.15, 0.2) is 11.5 Å². The highest BCUT2D eigenvalue weighted by atomic mass is 35.5. The van der Waals surface area contributed by atoms with Crippen LogP contribution in [0.25, 0.3) is 0 Å². The number of benzene rings is 3. The summed E-state index contributed by atoms with van der Waals surface area (Å²) in [7, 11) is 1.61. The van der Waals surface area contributed by atoms with Crippen molar-refractivity contribution in [3.63, 3.8) is 0 Å². The Labute approximate surface area is 186 Å². The van der Waals surface area contributed by atoms with Crippen molar-refractivity contribution in [2.75, 3.05) is 12.4 Å². The summed E-state index contributed by atoms with van der Waals surface area (Å²) in [6, 6.07) is 15.3. The summed E-state index contributed by atoms with van der Waals surface area (Å²) in [5, 5.41) is 5.01. The van der Waals surface area contributed by atoms with Gasteiger partial charge in [-0.05, 0) is 66.4 Å². The van der Waals surface area contributed by atoms with E-state index in [9.17, 15) is 0 Å². The van der Waals surface area contributed by atoms with E-state index in [0.29, 0.717) is 39.7 Å². The monoisotopic (exact) mass is 449 g/mol. The molecule has 0 fully saturated rings. The molecule has 6 heteroatoms. The molecule has 3 rings (SSSR count). The fourth-order valence-corrected chi connectivity index (χ4v) is 3.37. The average molecular weight is 451 g/mol. The molecule has 0 atom stereocenters. The molecule has 29 heavy (non-hydrogen) atoms. The standard InChI is InChI=1S/C23H22Cl3NO2/c1-14-4-6-18(8-15(14)2)27-12-17-10-22(28-3)23(11-20(17)25)29-13-16-5-7-19(24)21(26)9-16/h4-11,27H,12-13H2,1-3H3. The highest BCUT2D eigenvalue weighted by Crippen LogP contribution is 2.34. The highest BCUT2D eigenvalue weighted by Gasteiger charge is 2.12. The van der Waals surface area contributed by atoms with Gasteiger partial charge in [-0.25, -0.2) is 0 Å². The first-order valence-electron chi connectivity index (χ1n) is 9.11. The largest absolute Gasteiger partial charge is 0.493 e. The lowest BCUT2D eigenvalue weighted by molar-refractivity contribution is 0.284. The van der Waals surface area contributed by atoms with Gasteiger partial charge in [0.2, 0.25) is 0 Å². The third-order valence-electron chi connectivity index (χ3n) is 4.70. The van der Waals surface area contributed by atoms with Gasteiger partial charge in [0, 0.05) is 23.3 Å². The van der Waals surface area contributed by atoms with Crippen molar-refractivity contribution >= 4 is 40.5 Å². The van der Waals surface area contributed by atoms with Crippen LogP contribution in [0.1, 0.15) is 22.3 Å². The van der Waals surface area contributed by atoms with Crippen molar-refractivity contribution in [1.29, 1.82) is 0 Å². The van der Waals surface area contributed by atoms with E-state index in [1.54, 1.807) is 25.3 Å². The van der Waals surface area contributed by atoms with Gasteiger partial charge in [0.05, 0.1) is 17.2 Å². The number of nitrogens with one attached hydrogen (secondary N) is 1. The summed E-state index contributed by atoms with van der Waals surface area (Å²) >= 11 is 18.5. The Hall–Kier alpha value is -2.07. The first-order valence-corrected chi connectivity index (χ1v) is 10.2. The van der Waals surface area contributed by atoms with Gasteiger partial charge in [0.1, 0.15) is 6.61 Å². The summed E-state index contributed by atoms with van der Waals surface area (Å²) in [5.41, 5.74) is 5.37. The van der Waals surface area contributed by atoms with E-state index in [-0.39, 0.29) is 0 Å². The van der Waals surface area contributed by atoms with E-state index in [1.165, 1.54) is 11.1 Å². The molecule has 0 amide bonds. The van der Waals surface area contributed by atoms with Crippen LogP contribution >= 0.6 is 34.8 Å². The summed E-state index contributed by atoms with van der Waals surface area (Å²) in [4.78, 5) is 0. The SMILES string of the molecule is COc1cc(CNc2ccc(C)c(C)c2)c(Cl)cc1OCc1ccc(Cl)c(Cl)c1. The van der Waals surface area contributed by atoms with E-state index in [1.807, 2.05) is 12.1 Å². The van der Waals surface area contributed by atoms with E-state index < -0.39 is 0 Å². The van der Waals surface area contributed by atoms with E-state index in [0.717, 1.165) is 16.8 Å². The van der Waals surface area contributed by atoms with Gasteiger partial charge < -0.3 is 14.8 Å². The molecule has 0 aliphatic rings. The molecule has 0 saturated carbocycles. The van der Waals surface area contributed by atoms with Crippen LogP contribution in [-0.2, 0) is 13.2 Å². The Morgan fingerprint density at radius 3 is 2.28 bits per heavy atom. The highest BCUT2D eigenvalue weighted by molar-refractivity contribution is 6.42. The molecule has 0 radical (unpaired) electrons. The Morgan fingerprint density at radius 2 is 1.59 bits per heavy atom. The molecule has 0 aromatic heterocycles. The fraction of sp³-hybridized carbons (Fsp3) is 0.217. The first-order chi connectivity index (χ1) is 13.9. The Kier molecular flexibility index (Phi) is 7.18. The minimum atomic E-state index is 0.323. The molecule has 0 unspecified atom stereocenters. The minimum Gasteiger partial charge on any atom is -0.493 e. The van der Waals surface area contributed by atoms with Crippen molar-refractivity contribution < 1.29 is 9.47 Å². The number of hydrogen-bond acceptors (Lipinski definition) is 3. The van der Waals surface area contributed by atoms with Crippen molar-refractivity contribution in [3.05, 3.63) is 85.9 Å². The third-order valence-corrected chi connectivity index (χ3v) is 5.79. The number of halogens is 3. The maximum atomic E-state index is 6.49. The second-order valence-corrected chi connectivity index (χ2v) is 8.01. The zero-order valence-electron chi connectivity index (χ0n) is 16.5. The topological polar surface area (TPSA) is 30.5 Å². The summed E-state index contributed by atoms with van der Waals surface area (Å²) in [6.07, 6.45) is 0. The smallest absolute Gasteiger partial charge is 0.163 e. The number of ether oxygens (including phenoxy) is 2. The Bertz CT molecular complexity index is 1020. The number of anilines is 1. The summed E-state index contributed by atoms with van der Waals surface area (Å²) in [6.45, 7) is 5.09. The number of aryl methyl sites for hydroxylation is 2. The minimum absolute atomic E-state index is 0.323. The maximum absolute atomic E-state index is 6.49. The van der Waals surface area contributed by atoms with Crippen LogP contribution in [-0.4, -0.2) is 7.11 Å². The molecule has 1 N–H and O–H groups in total. The van der Waals surface area contributed by atoms with Crippen molar-refractivity contribution in [2.45, 2.75) is 27.0 Å². The summed E-state index contributed by atoms with van der Waals surface area (Å²) < 4.78 is 11.4. The van der Waals surface area contributed by atoms with E-state index in [2.05, 4.69) is 37.4 Å². The molecular weight excluding hydrogens is 429 g/mol. The number of rotatable bonds is 7. The lowest BCUT2D eigenvalue weighted by Gasteiger charge is -2.15. The molecule has 0 bridgehead atoms. The van der Waals surface area contributed by atoms with Crippen LogP contribution in [0.15, 0.2) is 48.5 Å². The molecule has 0 spiro atoms. The molecule has 0 heterocycles. The van der Waals surface area contributed by atoms with Gasteiger partial charge >= 0.3 is 0 Å². The van der Waals surface area contributed by atoms with Crippen LogP contribution in [0.2, 0.25) is 15.1 Å². The van der Waals surface area contributed by atoms with Crippen molar-refractivity contribution in [3.8, 4) is 11.5 Å². The van der Waals surface area contributed by atoms with Crippen LogP contribution in [0.5, 0.6) is 11.5 Å². The molecule has 3 aromatic carbocycles. The second kappa shape index (κ2) is 9.62. The van der Waals surface area contributed by atoms with Gasteiger partial charge in [-0.1, -0.05) is 46.9 Å². The summed E-state index contributed by atoms with van der Waals surface area (Å²) in [5.74, 6) is 1.19. The Morgan fingerprint density at radius 1 is 0.793 bits per heavy atom. The Balaban J connectivity index is 1.72. The average Bonchev–Trinajstić information content (AvgIpc) is 2.70. The lowest BCUT2D eigenvalue weighted by Crippen LogP contribution is -2.03. The predicted octanol–water partition coefficient (Wildman–Crippen LogP) is 7.46. The first kappa shape index (κ1) is 21.6. The van der Waals surface area contributed by atoms with Gasteiger partial charge in [-0.15, -0.1) is 0 Å². The van der Waals surface area contributed by atoms with Gasteiger partial charge in [-0.2, -0.15) is 0 Å². The van der Waals surface area contributed by atoms with Crippen LogP contribution in [0.3, 0.4) is 0 Å². The van der Waals surface area contributed by atoms with Crippen LogP contribution in [0, 0.1) is 13.8 Å². The zero-order chi connectivity index (χ0) is 21.0. The third kappa shape index (κ3) is 5.51. The molecule has 3 aromatic rings. The zero-order valence-corrected chi connectivity index (χ0v) is 18.8. The van der Waals surface area contributed by atoms with Gasteiger partial charge in [-0.3, -0.25) is 0 Å². The van der Waals surface area contributed by atoms with Crippen LogP contribution in [0.4, 0.5) is 5.69 Å². The van der Waals surface area contributed by atoms with Gasteiger partial charge in [0.25, 0.3) is 0 Å². The number of hydrogen-bond donors (Lipinski definition) is 1. The quantitative estimate of drug-likeness (QED) is 0.405.